The molecule has 0 aliphatic rings. The number of hydrogen-bond donors (Lipinski definition) is 0. The molecule has 34 heavy (non-hydrogen) atoms. The number of benzene rings is 4. The van der Waals surface area contributed by atoms with Crippen LogP contribution in [0.2, 0.25) is 0 Å². The van der Waals surface area contributed by atoms with Crippen LogP contribution >= 0.6 is 0 Å². The van der Waals surface area contributed by atoms with Crippen LogP contribution in [0, 0.1) is 0 Å². The lowest BCUT2D eigenvalue weighted by Crippen LogP contribution is -2.10. The first-order valence-electron chi connectivity index (χ1n) is 12.0. The summed E-state index contributed by atoms with van der Waals surface area (Å²) in [6.07, 6.45) is 0.882. The van der Waals surface area contributed by atoms with Gasteiger partial charge in [-0.05, 0) is 53.6 Å². The molecule has 0 aliphatic heterocycles. The standard InChI is InChI=1S/C30H30N2O2/c1-22(2)23-15-17-25(18-16-23)33-20-8-19-32-28-13-6-5-12-27(28)31-30(32)21-34-29-14-7-10-24-9-3-4-11-26(24)29/h3-7,9-18,22H,8,19-21H2,1-2H3. The van der Waals surface area contributed by atoms with Gasteiger partial charge in [0, 0.05) is 11.9 Å². The van der Waals surface area contributed by atoms with Crippen molar-refractivity contribution in [3.05, 3.63) is 102 Å². The van der Waals surface area contributed by atoms with Gasteiger partial charge < -0.3 is 14.0 Å². The smallest absolute Gasteiger partial charge is 0.148 e. The highest BCUT2D eigenvalue weighted by atomic mass is 16.5. The van der Waals surface area contributed by atoms with Gasteiger partial charge in [-0.25, -0.2) is 4.98 Å². The molecule has 0 N–H and O–H groups in total. The molecule has 0 saturated heterocycles. The number of nitrogens with zero attached hydrogens (tertiary/aromatic N) is 2. The summed E-state index contributed by atoms with van der Waals surface area (Å²) in [5.41, 5.74) is 3.44. The molecule has 1 heterocycles. The number of para-hydroxylation sites is 2. The summed E-state index contributed by atoms with van der Waals surface area (Å²) < 4.78 is 14.5. The molecule has 0 fully saturated rings. The van der Waals surface area contributed by atoms with E-state index in [2.05, 4.69) is 79.1 Å². The Balaban J connectivity index is 1.28. The van der Waals surface area contributed by atoms with E-state index in [0.717, 1.165) is 46.7 Å². The number of rotatable bonds is 9. The number of imidazole rings is 1. The maximum atomic E-state index is 6.27. The summed E-state index contributed by atoms with van der Waals surface area (Å²) in [7, 11) is 0. The monoisotopic (exact) mass is 450 g/mol. The molecule has 4 heteroatoms. The van der Waals surface area contributed by atoms with Crippen LogP contribution in [0.15, 0.2) is 91.0 Å². The predicted molar refractivity (Wildman–Crippen MR) is 139 cm³/mol. The summed E-state index contributed by atoms with van der Waals surface area (Å²) in [5, 5.41) is 2.29. The fourth-order valence-corrected chi connectivity index (χ4v) is 4.31. The van der Waals surface area contributed by atoms with E-state index in [1.165, 1.54) is 10.9 Å². The van der Waals surface area contributed by atoms with E-state index in [1.54, 1.807) is 0 Å². The van der Waals surface area contributed by atoms with Gasteiger partial charge in [0.1, 0.15) is 23.9 Å². The molecule has 172 valence electrons. The summed E-state index contributed by atoms with van der Waals surface area (Å²) in [6.45, 7) is 6.29. The van der Waals surface area contributed by atoms with E-state index >= 15 is 0 Å². The molecule has 0 saturated carbocycles. The highest BCUT2D eigenvalue weighted by molar-refractivity contribution is 5.88. The molecule has 4 aromatic carbocycles. The summed E-state index contributed by atoms with van der Waals surface area (Å²) in [6, 6.07) is 31.1. The van der Waals surface area contributed by atoms with Gasteiger partial charge in [-0.1, -0.05) is 74.5 Å². The van der Waals surface area contributed by atoms with E-state index in [1.807, 2.05) is 30.3 Å². The normalized spacial score (nSPS) is 11.4. The zero-order valence-corrected chi connectivity index (χ0v) is 19.8. The van der Waals surface area contributed by atoms with Crippen molar-refractivity contribution in [2.24, 2.45) is 0 Å². The van der Waals surface area contributed by atoms with E-state index in [0.29, 0.717) is 19.1 Å². The molecule has 4 nitrogen and oxygen atoms in total. The van der Waals surface area contributed by atoms with Gasteiger partial charge in [0.15, 0.2) is 0 Å². The molecule has 0 unspecified atom stereocenters. The molecule has 1 aromatic heterocycles. The first kappa shape index (κ1) is 22.0. The van der Waals surface area contributed by atoms with Crippen molar-refractivity contribution in [3.8, 4) is 11.5 Å². The van der Waals surface area contributed by atoms with E-state index < -0.39 is 0 Å². The first-order chi connectivity index (χ1) is 16.7. The lowest BCUT2D eigenvalue weighted by molar-refractivity contribution is 0.282. The Morgan fingerprint density at radius 1 is 0.794 bits per heavy atom. The largest absolute Gasteiger partial charge is 0.494 e. The highest BCUT2D eigenvalue weighted by Crippen LogP contribution is 2.27. The Morgan fingerprint density at radius 2 is 1.56 bits per heavy atom. The van der Waals surface area contributed by atoms with Gasteiger partial charge in [0.25, 0.3) is 0 Å². The minimum atomic E-state index is 0.417. The maximum absolute atomic E-state index is 6.27. The van der Waals surface area contributed by atoms with Gasteiger partial charge in [-0.3, -0.25) is 0 Å². The molecular weight excluding hydrogens is 420 g/mol. The van der Waals surface area contributed by atoms with Gasteiger partial charge >= 0.3 is 0 Å². The molecule has 5 aromatic rings. The van der Waals surface area contributed by atoms with Gasteiger partial charge in [-0.15, -0.1) is 0 Å². The van der Waals surface area contributed by atoms with Gasteiger partial charge in [-0.2, -0.15) is 0 Å². The second kappa shape index (κ2) is 10.0. The SMILES string of the molecule is CC(C)c1ccc(OCCCn2c(COc3cccc4ccccc34)nc3ccccc32)cc1. The zero-order chi connectivity index (χ0) is 23.3. The van der Waals surface area contributed by atoms with E-state index in [-0.39, 0.29) is 0 Å². The third-order valence-corrected chi connectivity index (χ3v) is 6.18. The molecule has 0 aliphatic carbocycles. The Morgan fingerprint density at radius 3 is 2.41 bits per heavy atom. The number of ether oxygens (including phenoxy) is 2. The lowest BCUT2D eigenvalue weighted by Gasteiger charge is -2.13. The van der Waals surface area contributed by atoms with Crippen molar-refractivity contribution >= 4 is 21.8 Å². The summed E-state index contributed by atoms with van der Waals surface area (Å²) in [4.78, 5) is 4.87. The molecule has 0 radical (unpaired) electrons. The van der Waals surface area contributed by atoms with Crippen LogP contribution in [0.4, 0.5) is 0 Å². The Bertz CT molecular complexity index is 1380. The second-order valence-electron chi connectivity index (χ2n) is 8.86. The molecule has 0 spiro atoms. The van der Waals surface area contributed by atoms with Gasteiger partial charge in [0.05, 0.1) is 17.6 Å². The molecular formula is C30H30N2O2. The fourth-order valence-electron chi connectivity index (χ4n) is 4.31. The Hall–Kier alpha value is -3.79. The van der Waals surface area contributed by atoms with Crippen LogP contribution in [-0.2, 0) is 13.2 Å². The topological polar surface area (TPSA) is 36.3 Å². The molecule has 5 rings (SSSR count). The average Bonchev–Trinajstić information content (AvgIpc) is 3.23. The Labute approximate surface area is 200 Å². The van der Waals surface area contributed by atoms with Crippen LogP contribution < -0.4 is 9.47 Å². The van der Waals surface area contributed by atoms with Gasteiger partial charge in [0.2, 0.25) is 0 Å². The molecule has 0 bridgehead atoms. The fraction of sp³-hybridized carbons (Fsp3) is 0.233. The predicted octanol–water partition coefficient (Wildman–Crippen LogP) is 7.36. The van der Waals surface area contributed by atoms with Crippen molar-refractivity contribution in [1.82, 2.24) is 9.55 Å². The van der Waals surface area contributed by atoms with Crippen molar-refractivity contribution in [3.63, 3.8) is 0 Å². The van der Waals surface area contributed by atoms with Crippen LogP contribution in [0.5, 0.6) is 11.5 Å². The minimum Gasteiger partial charge on any atom is -0.494 e. The van der Waals surface area contributed by atoms with Crippen molar-refractivity contribution < 1.29 is 9.47 Å². The van der Waals surface area contributed by atoms with Crippen LogP contribution in [-0.4, -0.2) is 16.2 Å². The molecule has 0 amide bonds. The summed E-state index contributed by atoms with van der Waals surface area (Å²) >= 11 is 0. The second-order valence-corrected chi connectivity index (χ2v) is 8.86. The van der Waals surface area contributed by atoms with Crippen molar-refractivity contribution in [2.75, 3.05) is 6.61 Å². The van der Waals surface area contributed by atoms with Crippen LogP contribution in [0.1, 0.15) is 37.6 Å². The third kappa shape index (κ3) is 4.76. The number of aryl methyl sites for hydroxylation is 1. The molecule has 0 atom stereocenters. The number of aromatic nitrogens is 2. The first-order valence-corrected chi connectivity index (χ1v) is 12.0. The van der Waals surface area contributed by atoms with Crippen molar-refractivity contribution in [1.29, 1.82) is 0 Å². The average molecular weight is 451 g/mol. The van der Waals surface area contributed by atoms with Crippen LogP contribution in [0.25, 0.3) is 21.8 Å². The highest BCUT2D eigenvalue weighted by Gasteiger charge is 2.12. The number of hydrogen-bond acceptors (Lipinski definition) is 3. The quantitative estimate of drug-likeness (QED) is 0.220. The van der Waals surface area contributed by atoms with E-state index in [4.69, 9.17) is 14.5 Å². The maximum Gasteiger partial charge on any atom is 0.148 e. The minimum absolute atomic E-state index is 0.417. The van der Waals surface area contributed by atoms with Crippen LogP contribution in [0.3, 0.4) is 0 Å². The number of fused-ring (bicyclic) bond motifs is 2. The summed E-state index contributed by atoms with van der Waals surface area (Å²) in [5.74, 6) is 3.25. The lowest BCUT2D eigenvalue weighted by atomic mass is 10.0. The third-order valence-electron chi connectivity index (χ3n) is 6.18. The van der Waals surface area contributed by atoms with Crippen molar-refractivity contribution in [2.45, 2.75) is 39.3 Å². The van der Waals surface area contributed by atoms with E-state index in [9.17, 15) is 0 Å². The Kier molecular flexibility index (Phi) is 6.48. The zero-order valence-electron chi connectivity index (χ0n) is 19.8.